The van der Waals surface area contributed by atoms with Gasteiger partial charge in [0.15, 0.2) is 29.5 Å². The first-order valence-electron chi connectivity index (χ1n) is 16.9. The Morgan fingerprint density at radius 2 is 1.09 bits per heavy atom. The molecule has 1 saturated heterocycles. The van der Waals surface area contributed by atoms with E-state index in [0.717, 1.165) is 38.5 Å². The molecule has 45 heavy (non-hydrogen) atoms. The molecule has 0 amide bonds. The summed E-state index contributed by atoms with van der Waals surface area (Å²) in [5, 5.41) is 0. The second-order valence-corrected chi connectivity index (χ2v) is 12.1. The van der Waals surface area contributed by atoms with Gasteiger partial charge in [-0.05, 0) is 48.1 Å². The first-order valence-corrected chi connectivity index (χ1v) is 16.9. The fourth-order valence-electron chi connectivity index (χ4n) is 5.84. The molecule has 0 N–H and O–H groups in total. The second kappa shape index (κ2) is 18.3. The van der Waals surface area contributed by atoms with E-state index < -0.39 is 29.2 Å². The Bertz CT molecular complexity index is 1320. The highest BCUT2D eigenvalue weighted by atomic mass is 19.2. The van der Waals surface area contributed by atoms with Crippen LogP contribution in [0.15, 0.2) is 48.5 Å². The number of halogens is 4. The highest BCUT2D eigenvalue weighted by Gasteiger charge is 2.27. The summed E-state index contributed by atoms with van der Waals surface area (Å²) < 4.78 is 77.4. The van der Waals surface area contributed by atoms with E-state index >= 15 is 13.2 Å². The predicted molar refractivity (Wildman–Crippen MR) is 172 cm³/mol. The SMILES string of the molecule is CCCCCCCCCOc1ccc(-c2ccc(-c3ccc(C4COC(CCCCCCC)OC4)c(F)c3F)cc2)c(F)c1F. The monoisotopic (exact) mass is 628 g/mol. The summed E-state index contributed by atoms with van der Waals surface area (Å²) in [6.45, 7) is 5.24. The molecule has 3 aromatic rings. The van der Waals surface area contributed by atoms with Crippen molar-refractivity contribution in [3.05, 3.63) is 77.4 Å². The van der Waals surface area contributed by atoms with Gasteiger partial charge in [0.25, 0.3) is 0 Å². The van der Waals surface area contributed by atoms with Crippen LogP contribution in [-0.4, -0.2) is 26.1 Å². The quantitative estimate of drug-likeness (QED) is 0.104. The Kier molecular flexibility index (Phi) is 14.2. The van der Waals surface area contributed by atoms with E-state index in [1.54, 1.807) is 36.4 Å². The Morgan fingerprint density at radius 3 is 1.69 bits per heavy atom. The molecule has 1 aliphatic heterocycles. The molecule has 0 saturated carbocycles. The van der Waals surface area contributed by atoms with Crippen molar-refractivity contribution in [3.8, 4) is 28.0 Å². The molecular weight excluding hydrogens is 580 g/mol. The van der Waals surface area contributed by atoms with E-state index in [4.69, 9.17) is 14.2 Å². The minimum absolute atomic E-state index is 0.0703. The van der Waals surface area contributed by atoms with E-state index in [0.29, 0.717) is 17.7 Å². The highest BCUT2D eigenvalue weighted by molar-refractivity contribution is 5.72. The van der Waals surface area contributed by atoms with Crippen LogP contribution >= 0.6 is 0 Å². The van der Waals surface area contributed by atoms with Crippen molar-refractivity contribution in [3.63, 3.8) is 0 Å². The summed E-state index contributed by atoms with van der Waals surface area (Å²) in [4.78, 5) is 0. The summed E-state index contributed by atoms with van der Waals surface area (Å²) in [7, 11) is 0. The largest absolute Gasteiger partial charge is 0.490 e. The van der Waals surface area contributed by atoms with Crippen LogP contribution in [0.4, 0.5) is 17.6 Å². The molecule has 0 spiro atoms. The minimum atomic E-state index is -1.03. The molecule has 1 fully saturated rings. The van der Waals surface area contributed by atoms with Crippen molar-refractivity contribution in [1.82, 2.24) is 0 Å². The average molecular weight is 629 g/mol. The smallest absolute Gasteiger partial charge is 0.201 e. The van der Waals surface area contributed by atoms with Gasteiger partial charge in [0.05, 0.1) is 19.8 Å². The third kappa shape index (κ3) is 9.79. The maximum Gasteiger partial charge on any atom is 0.201 e. The van der Waals surface area contributed by atoms with Gasteiger partial charge in [-0.25, -0.2) is 13.2 Å². The summed E-state index contributed by atoms with van der Waals surface area (Å²) in [5.41, 5.74) is 1.23. The second-order valence-electron chi connectivity index (χ2n) is 12.1. The van der Waals surface area contributed by atoms with Crippen molar-refractivity contribution in [1.29, 1.82) is 0 Å². The zero-order valence-corrected chi connectivity index (χ0v) is 26.8. The molecule has 3 aromatic carbocycles. The van der Waals surface area contributed by atoms with E-state index in [1.165, 1.54) is 57.1 Å². The number of unbranched alkanes of at least 4 members (excludes halogenated alkanes) is 10. The standard InChI is InChI=1S/C38H48F4O3/c1-3-5-7-9-10-12-14-24-43-33-23-22-31(37(41)38(33)42)28-18-16-27(17-19-28)30-20-21-32(36(40)35(30)39)29-25-44-34(45-26-29)15-13-11-8-6-4-2/h16-23,29,34H,3-15,24-26H2,1-2H3. The normalized spacial score (nSPS) is 16.7. The van der Waals surface area contributed by atoms with Gasteiger partial charge in [-0.15, -0.1) is 0 Å². The van der Waals surface area contributed by atoms with Crippen LogP contribution in [0.25, 0.3) is 22.3 Å². The number of hydrogen-bond donors (Lipinski definition) is 0. The maximum atomic E-state index is 15.3. The highest BCUT2D eigenvalue weighted by Crippen LogP contribution is 2.35. The lowest BCUT2D eigenvalue weighted by molar-refractivity contribution is -0.190. The molecule has 0 atom stereocenters. The fourth-order valence-corrected chi connectivity index (χ4v) is 5.84. The molecule has 0 radical (unpaired) electrons. The van der Waals surface area contributed by atoms with Crippen LogP contribution in [0.5, 0.6) is 5.75 Å². The minimum Gasteiger partial charge on any atom is -0.490 e. The molecule has 3 nitrogen and oxygen atoms in total. The van der Waals surface area contributed by atoms with Crippen LogP contribution in [0, 0.1) is 23.3 Å². The molecule has 1 aliphatic rings. The van der Waals surface area contributed by atoms with Gasteiger partial charge < -0.3 is 14.2 Å². The summed E-state index contributed by atoms with van der Waals surface area (Å²) >= 11 is 0. The van der Waals surface area contributed by atoms with Crippen LogP contribution in [-0.2, 0) is 9.47 Å². The number of hydrogen-bond acceptors (Lipinski definition) is 3. The van der Waals surface area contributed by atoms with E-state index in [9.17, 15) is 4.39 Å². The topological polar surface area (TPSA) is 27.7 Å². The lowest BCUT2D eigenvalue weighted by atomic mass is 9.94. The lowest BCUT2D eigenvalue weighted by Crippen LogP contribution is -2.31. The van der Waals surface area contributed by atoms with E-state index in [1.807, 2.05) is 0 Å². The summed E-state index contributed by atoms with van der Waals surface area (Å²) in [6.07, 6.45) is 14.0. The summed E-state index contributed by atoms with van der Waals surface area (Å²) in [5.74, 6) is -4.42. The van der Waals surface area contributed by atoms with Gasteiger partial charge in [-0.1, -0.05) is 114 Å². The molecule has 1 heterocycles. The van der Waals surface area contributed by atoms with Crippen LogP contribution in [0.2, 0.25) is 0 Å². The Morgan fingerprint density at radius 1 is 0.578 bits per heavy atom. The van der Waals surface area contributed by atoms with Crippen LogP contribution in [0.1, 0.15) is 109 Å². The van der Waals surface area contributed by atoms with Crippen molar-refractivity contribution < 1.29 is 31.8 Å². The van der Waals surface area contributed by atoms with Gasteiger partial charge in [-0.2, -0.15) is 4.39 Å². The van der Waals surface area contributed by atoms with Crippen molar-refractivity contribution >= 4 is 0 Å². The molecular formula is C38H48F4O3. The number of benzene rings is 3. The van der Waals surface area contributed by atoms with Crippen LogP contribution in [0.3, 0.4) is 0 Å². The third-order valence-corrected chi connectivity index (χ3v) is 8.62. The third-order valence-electron chi connectivity index (χ3n) is 8.62. The zero-order chi connectivity index (χ0) is 32.0. The van der Waals surface area contributed by atoms with Gasteiger partial charge >= 0.3 is 0 Å². The Hall–Kier alpha value is -2.90. The summed E-state index contributed by atoms with van der Waals surface area (Å²) in [6, 6.07) is 12.3. The van der Waals surface area contributed by atoms with E-state index in [-0.39, 0.29) is 41.9 Å². The van der Waals surface area contributed by atoms with Crippen molar-refractivity contribution in [2.75, 3.05) is 19.8 Å². The van der Waals surface area contributed by atoms with Crippen molar-refractivity contribution in [2.24, 2.45) is 0 Å². The molecule has 0 aliphatic carbocycles. The van der Waals surface area contributed by atoms with Crippen molar-refractivity contribution in [2.45, 2.75) is 110 Å². The molecule has 0 aromatic heterocycles. The van der Waals surface area contributed by atoms with Gasteiger partial charge in [0, 0.05) is 17.0 Å². The lowest BCUT2D eigenvalue weighted by Gasteiger charge is -2.30. The molecule has 4 rings (SSSR count). The Labute approximate surface area is 266 Å². The zero-order valence-electron chi connectivity index (χ0n) is 26.8. The average Bonchev–Trinajstić information content (AvgIpc) is 3.06. The molecule has 7 heteroatoms. The fraction of sp³-hybridized carbons (Fsp3) is 0.526. The maximum absolute atomic E-state index is 15.3. The van der Waals surface area contributed by atoms with E-state index in [2.05, 4.69) is 13.8 Å². The predicted octanol–water partition coefficient (Wildman–Crippen LogP) is 11.5. The first kappa shape index (κ1) is 35.0. The molecule has 246 valence electrons. The molecule has 0 unspecified atom stereocenters. The Balaban J connectivity index is 1.33. The molecule has 0 bridgehead atoms. The van der Waals surface area contributed by atoms with Crippen LogP contribution < -0.4 is 4.74 Å². The first-order chi connectivity index (χ1) is 21.9. The van der Waals surface area contributed by atoms with Gasteiger partial charge in [-0.3, -0.25) is 0 Å². The number of rotatable bonds is 18. The van der Waals surface area contributed by atoms with Gasteiger partial charge in [0.2, 0.25) is 5.82 Å². The van der Waals surface area contributed by atoms with Gasteiger partial charge in [0.1, 0.15) is 0 Å². The number of ether oxygens (including phenoxy) is 3.